The van der Waals surface area contributed by atoms with Crippen molar-refractivity contribution >= 4 is 0 Å². The van der Waals surface area contributed by atoms with Crippen molar-refractivity contribution in [1.29, 1.82) is 0 Å². The van der Waals surface area contributed by atoms with E-state index in [1.165, 1.54) is 55.6 Å². The Balaban J connectivity index is 1.53. The molecule has 2 aromatic rings. The van der Waals surface area contributed by atoms with Gasteiger partial charge in [0.25, 0.3) is 0 Å². The summed E-state index contributed by atoms with van der Waals surface area (Å²) in [7, 11) is 0. The van der Waals surface area contributed by atoms with E-state index in [4.69, 9.17) is 0 Å². The lowest BCUT2D eigenvalue weighted by Crippen LogP contribution is -2.06. The number of hydrogen-bond acceptors (Lipinski definition) is 0. The summed E-state index contributed by atoms with van der Waals surface area (Å²) < 4.78 is 0. The van der Waals surface area contributed by atoms with Crippen molar-refractivity contribution in [2.24, 2.45) is 11.8 Å². The zero-order valence-electron chi connectivity index (χ0n) is 15.3. The maximum Gasteiger partial charge on any atom is -0.0106 e. The maximum absolute atomic E-state index is 2.46. The predicted octanol–water partition coefficient (Wildman–Crippen LogP) is 6.92. The van der Waals surface area contributed by atoms with Gasteiger partial charge in [0.1, 0.15) is 0 Å². The van der Waals surface area contributed by atoms with Gasteiger partial charge >= 0.3 is 0 Å². The van der Waals surface area contributed by atoms with Crippen LogP contribution in [0.5, 0.6) is 0 Å². The Bertz CT molecular complexity index is 695. The molecule has 3 atom stereocenters. The first-order valence-electron chi connectivity index (χ1n) is 10.0. The van der Waals surface area contributed by atoms with E-state index in [2.05, 4.69) is 73.7 Å². The molecule has 0 unspecified atom stereocenters. The van der Waals surface area contributed by atoms with Gasteiger partial charge in [-0.2, -0.15) is 0 Å². The first-order chi connectivity index (χ1) is 12.3. The number of benzene rings is 2. The highest BCUT2D eigenvalue weighted by atomic mass is 14.4. The molecule has 4 rings (SSSR count). The van der Waals surface area contributed by atoms with Crippen LogP contribution in [0, 0.1) is 17.8 Å². The van der Waals surface area contributed by atoms with Crippen LogP contribution in [-0.4, -0.2) is 0 Å². The number of rotatable bonds is 7. The normalized spacial score (nSPS) is 24.0. The summed E-state index contributed by atoms with van der Waals surface area (Å²) in [5.74, 6) is 3.89. The van der Waals surface area contributed by atoms with Crippen molar-refractivity contribution in [3.8, 4) is 0 Å². The molecule has 0 heterocycles. The lowest BCUT2D eigenvalue weighted by molar-refractivity contribution is 0.585. The fourth-order valence-electron chi connectivity index (χ4n) is 4.74. The molecule has 0 radical (unpaired) electrons. The molecule has 0 saturated heterocycles. The van der Waals surface area contributed by atoms with Crippen LogP contribution in [0.3, 0.4) is 0 Å². The van der Waals surface area contributed by atoms with Gasteiger partial charge in [-0.15, -0.1) is 41.3 Å². The number of hydrogen-bond donors (Lipinski definition) is 0. The summed E-state index contributed by atoms with van der Waals surface area (Å²) in [4.78, 5) is 0. The quantitative estimate of drug-likeness (QED) is 0.294. The average molecular weight is 330 g/mol. The van der Waals surface area contributed by atoms with Gasteiger partial charge < -0.3 is 0 Å². The maximum atomic E-state index is 2.46. The van der Waals surface area contributed by atoms with Crippen molar-refractivity contribution < 1.29 is 0 Å². The van der Waals surface area contributed by atoms with Crippen LogP contribution in [0.2, 0.25) is 0 Å². The molecule has 2 bridgehead atoms. The van der Waals surface area contributed by atoms with Gasteiger partial charge in [-0.25, -0.2) is 0 Å². The standard InChI is InChI=1S/C25H29/c1-2-3-5-10-24(20-8-6-4-7-9-20)21-13-15-22(16-14-21)25-18-19-11-12-23(25)17-19/h4,6-9,11-16,19,23,25H,2-3,5,10,17-18H2,1H3/q-1/t19-,23+,25+/m0/s1. The second-order valence-electron chi connectivity index (χ2n) is 7.81. The van der Waals surface area contributed by atoms with E-state index in [0.29, 0.717) is 0 Å². The van der Waals surface area contributed by atoms with Crippen LogP contribution >= 0.6 is 0 Å². The molecule has 0 N–H and O–H groups in total. The van der Waals surface area contributed by atoms with Gasteiger partial charge in [-0.1, -0.05) is 80.7 Å². The van der Waals surface area contributed by atoms with Crippen LogP contribution in [0.15, 0.2) is 66.7 Å². The molecule has 130 valence electrons. The summed E-state index contributed by atoms with van der Waals surface area (Å²) in [6, 6.07) is 20.5. The Morgan fingerprint density at radius 3 is 2.24 bits per heavy atom. The third-order valence-electron chi connectivity index (χ3n) is 6.12. The molecule has 0 aliphatic heterocycles. The predicted molar refractivity (Wildman–Crippen MR) is 107 cm³/mol. The summed E-state index contributed by atoms with van der Waals surface area (Å²) in [5, 5.41) is 0. The molecule has 2 aliphatic carbocycles. The third-order valence-corrected chi connectivity index (χ3v) is 6.12. The van der Waals surface area contributed by atoms with E-state index >= 15 is 0 Å². The van der Waals surface area contributed by atoms with Crippen LogP contribution in [0.4, 0.5) is 0 Å². The van der Waals surface area contributed by atoms with Crippen molar-refractivity contribution in [1.82, 2.24) is 0 Å². The largest absolute Gasteiger partial charge is 0.120 e. The average Bonchev–Trinajstić information content (AvgIpc) is 3.30. The highest BCUT2D eigenvalue weighted by Gasteiger charge is 2.35. The Morgan fingerprint density at radius 2 is 1.60 bits per heavy atom. The van der Waals surface area contributed by atoms with Crippen molar-refractivity contribution in [3.63, 3.8) is 0 Å². The molecule has 1 fully saturated rings. The topological polar surface area (TPSA) is 0 Å². The van der Waals surface area contributed by atoms with E-state index in [-0.39, 0.29) is 0 Å². The molecule has 2 aromatic carbocycles. The number of allylic oxidation sites excluding steroid dienone is 2. The summed E-state index contributed by atoms with van der Waals surface area (Å²) in [6.07, 6.45) is 12.7. The first-order valence-corrected chi connectivity index (χ1v) is 10.0. The fourth-order valence-corrected chi connectivity index (χ4v) is 4.74. The smallest absolute Gasteiger partial charge is 0.0106 e. The molecule has 2 aliphatic rings. The second kappa shape index (κ2) is 7.52. The third kappa shape index (κ3) is 3.54. The molecule has 1 saturated carbocycles. The van der Waals surface area contributed by atoms with Crippen molar-refractivity contribution in [2.75, 3.05) is 0 Å². The van der Waals surface area contributed by atoms with Crippen LogP contribution < -0.4 is 0 Å². The van der Waals surface area contributed by atoms with Crippen molar-refractivity contribution in [3.05, 3.63) is 89.4 Å². The van der Waals surface area contributed by atoms with E-state index in [0.717, 1.165) is 17.8 Å². The molecule has 0 amide bonds. The number of fused-ring (bicyclic) bond motifs is 2. The monoisotopic (exact) mass is 329 g/mol. The lowest BCUT2D eigenvalue weighted by Gasteiger charge is -2.26. The van der Waals surface area contributed by atoms with Gasteiger partial charge in [0.05, 0.1) is 0 Å². The Morgan fingerprint density at radius 1 is 0.840 bits per heavy atom. The van der Waals surface area contributed by atoms with Gasteiger partial charge in [-0.3, -0.25) is 0 Å². The van der Waals surface area contributed by atoms with Gasteiger partial charge in [-0.05, 0) is 30.6 Å². The fraction of sp³-hybridized carbons (Fsp3) is 0.400. The van der Waals surface area contributed by atoms with E-state index in [9.17, 15) is 0 Å². The Hall–Kier alpha value is -1.95. The van der Waals surface area contributed by atoms with Crippen LogP contribution in [-0.2, 0) is 0 Å². The summed E-state index contributed by atoms with van der Waals surface area (Å²) in [6.45, 7) is 2.28. The van der Waals surface area contributed by atoms with Gasteiger partial charge in [0, 0.05) is 0 Å². The van der Waals surface area contributed by atoms with Gasteiger partial charge in [0.15, 0.2) is 0 Å². The summed E-state index contributed by atoms with van der Waals surface area (Å²) >= 11 is 0. The van der Waals surface area contributed by atoms with Crippen LogP contribution in [0.1, 0.15) is 68.1 Å². The molecule has 0 aromatic heterocycles. The molecule has 25 heavy (non-hydrogen) atoms. The van der Waals surface area contributed by atoms with E-state index in [1.807, 2.05) is 0 Å². The molecule has 0 nitrogen and oxygen atoms in total. The van der Waals surface area contributed by atoms with Gasteiger partial charge in [0.2, 0.25) is 0 Å². The zero-order valence-corrected chi connectivity index (χ0v) is 15.3. The molecular formula is C25H29-. The zero-order chi connectivity index (χ0) is 17.1. The highest BCUT2D eigenvalue weighted by molar-refractivity contribution is 5.46. The highest BCUT2D eigenvalue weighted by Crippen LogP contribution is 2.48. The minimum atomic E-state index is 0.754. The SMILES string of the molecule is CCCCC[C-](c1ccccc1)c1ccc([C@H]2C[C@H]3C=C[C@@H]2C3)cc1. The van der Waals surface area contributed by atoms with E-state index in [1.54, 1.807) is 5.56 Å². The first kappa shape index (κ1) is 16.5. The van der Waals surface area contributed by atoms with Crippen molar-refractivity contribution in [2.45, 2.75) is 51.4 Å². The lowest BCUT2D eigenvalue weighted by atomic mass is 9.83. The minimum Gasteiger partial charge on any atom is -0.120 e. The molecule has 0 spiro atoms. The Labute approximate surface area is 153 Å². The van der Waals surface area contributed by atoms with E-state index < -0.39 is 0 Å². The molecule has 0 heteroatoms. The second-order valence-corrected chi connectivity index (χ2v) is 7.81. The molecular weight excluding hydrogens is 300 g/mol. The van der Waals surface area contributed by atoms with Crippen LogP contribution in [0.25, 0.3) is 0 Å². The minimum absolute atomic E-state index is 0.754. The number of unbranched alkanes of at least 4 members (excludes halogenated alkanes) is 2. The Kier molecular flexibility index (Phi) is 4.97. The summed E-state index contributed by atoms with van der Waals surface area (Å²) in [5.41, 5.74) is 4.33.